The second-order valence-electron chi connectivity index (χ2n) is 3.63. The van der Waals surface area contributed by atoms with Gasteiger partial charge in [0.25, 0.3) is 0 Å². The van der Waals surface area contributed by atoms with Crippen LogP contribution < -0.4 is 10.6 Å². The molecule has 82 valence electrons. The average Bonchev–Trinajstić information content (AvgIpc) is 2.17. The van der Waals surface area contributed by atoms with E-state index in [9.17, 15) is 4.79 Å². The summed E-state index contributed by atoms with van der Waals surface area (Å²) >= 11 is 0. The van der Waals surface area contributed by atoms with Crippen molar-refractivity contribution >= 4 is 11.6 Å². The van der Waals surface area contributed by atoms with E-state index in [-0.39, 0.29) is 11.9 Å². The predicted octanol–water partition coefficient (Wildman–Crippen LogP) is 1.33. The largest absolute Gasteiger partial charge is 0.326 e. The predicted molar refractivity (Wildman–Crippen MR) is 60.7 cm³/mol. The molecule has 0 radical (unpaired) electrons. The van der Waals surface area contributed by atoms with Crippen molar-refractivity contribution in [2.24, 2.45) is 0 Å². The Labute approximate surface area is 90.1 Å². The third-order valence-corrected chi connectivity index (χ3v) is 2.16. The Morgan fingerprint density at radius 1 is 1.60 bits per heavy atom. The molecule has 0 aromatic carbocycles. The van der Waals surface area contributed by atoms with Gasteiger partial charge in [-0.1, -0.05) is 0 Å². The number of anilines is 1. The molecule has 0 saturated heterocycles. The Kier molecular flexibility index (Phi) is 4.24. The van der Waals surface area contributed by atoms with Crippen LogP contribution in [0.4, 0.5) is 5.69 Å². The maximum Gasteiger partial charge on any atom is 0.225 e. The molecule has 1 unspecified atom stereocenters. The fourth-order valence-electron chi connectivity index (χ4n) is 1.22. The molecule has 1 aromatic rings. The lowest BCUT2D eigenvalue weighted by atomic mass is 10.2. The summed E-state index contributed by atoms with van der Waals surface area (Å²) in [7, 11) is 1.84. The number of carbonyl (C=O) groups excluding carboxylic acids is 1. The molecule has 1 rings (SSSR count). The lowest BCUT2D eigenvalue weighted by Crippen LogP contribution is -2.27. The second-order valence-corrected chi connectivity index (χ2v) is 3.63. The Balaban J connectivity index is 2.51. The zero-order chi connectivity index (χ0) is 11.3. The van der Waals surface area contributed by atoms with Crippen molar-refractivity contribution in [1.29, 1.82) is 0 Å². The van der Waals surface area contributed by atoms with Gasteiger partial charge in [0.1, 0.15) is 0 Å². The molecule has 0 fully saturated rings. The van der Waals surface area contributed by atoms with Crippen LogP contribution >= 0.6 is 0 Å². The monoisotopic (exact) mass is 207 g/mol. The summed E-state index contributed by atoms with van der Waals surface area (Å²) in [5.41, 5.74) is 1.70. The van der Waals surface area contributed by atoms with E-state index in [0.29, 0.717) is 6.42 Å². The summed E-state index contributed by atoms with van der Waals surface area (Å²) in [5, 5.41) is 5.85. The van der Waals surface area contributed by atoms with Gasteiger partial charge in [0.05, 0.1) is 0 Å². The SMILES string of the molecule is CNC(C)CC(=O)Nc1ccnc(C)c1. The van der Waals surface area contributed by atoms with Gasteiger partial charge in [0, 0.05) is 30.0 Å². The molecule has 1 heterocycles. The standard InChI is InChI=1S/C11H17N3O/c1-8(12-3)7-11(15)14-10-4-5-13-9(2)6-10/h4-6,8,12H,7H2,1-3H3,(H,13,14,15). The van der Waals surface area contributed by atoms with Crippen LogP contribution in [-0.4, -0.2) is 24.0 Å². The lowest BCUT2D eigenvalue weighted by Gasteiger charge is -2.10. The number of pyridine rings is 1. The minimum absolute atomic E-state index is 0.0162. The number of nitrogens with one attached hydrogen (secondary N) is 2. The van der Waals surface area contributed by atoms with Crippen LogP contribution in [0.2, 0.25) is 0 Å². The summed E-state index contributed by atoms with van der Waals surface area (Å²) in [6.07, 6.45) is 2.16. The fourth-order valence-corrected chi connectivity index (χ4v) is 1.22. The second kappa shape index (κ2) is 5.46. The van der Waals surface area contributed by atoms with Gasteiger partial charge in [-0.25, -0.2) is 0 Å². The van der Waals surface area contributed by atoms with Gasteiger partial charge in [0.2, 0.25) is 5.91 Å². The molecule has 1 atom stereocenters. The van der Waals surface area contributed by atoms with E-state index in [1.54, 1.807) is 12.3 Å². The van der Waals surface area contributed by atoms with Crippen molar-refractivity contribution in [2.45, 2.75) is 26.3 Å². The van der Waals surface area contributed by atoms with Gasteiger partial charge in [0.15, 0.2) is 0 Å². The van der Waals surface area contributed by atoms with Crippen molar-refractivity contribution < 1.29 is 4.79 Å². The summed E-state index contributed by atoms with van der Waals surface area (Å²) in [6, 6.07) is 3.82. The molecule has 1 aromatic heterocycles. The van der Waals surface area contributed by atoms with Gasteiger partial charge in [-0.15, -0.1) is 0 Å². The van der Waals surface area contributed by atoms with E-state index in [0.717, 1.165) is 11.4 Å². The maximum atomic E-state index is 11.5. The normalized spacial score (nSPS) is 12.2. The highest BCUT2D eigenvalue weighted by atomic mass is 16.1. The van der Waals surface area contributed by atoms with Gasteiger partial charge in [-0.05, 0) is 33.0 Å². The van der Waals surface area contributed by atoms with Crippen molar-refractivity contribution in [1.82, 2.24) is 10.3 Å². The molecule has 0 saturated carbocycles. The molecular formula is C11H17N3O. The number of carbonyl (C=O) groups is 1. The van der Waals surface area contributed by atoms with Gasteiger partial charge in [-0.2, -0.15) is 0 Å². The zero-order valence-corrected chi connectivity index (χ0v) is 9.37. The maximum absolute atomic E-state index is 11.5. The summed E-state index contributed by atoms with van der Waals surface area (Å²) in [5.74, 6) is 0.0162. The Hall–Kier alpha value is -1.42. The molecule has 0 spiro atoms. The number of hydrogen-bond acceptors (Lipinski definition) is 3. The molecule has 0 bridgehead atoms. The third kappa shape index (κ3) is 4.08. The first-order valence-electron chi connectivity index (χ1n) is 5.01. The van der Waals surface area contributed by atoms with Crippen molar-refractivity contribution in [3.8, 4) is 0 Å². The molecule has 1 amide bonds. The van der Waals surface area contributed by atoms with Crippen molar-refractivity contribution in [3.05, 3.63) is 24.0 Å². The van der Waals surface area contributed by atoms with E-state index < -0.39 is 0 Å². The first kappa shape index (κ1) is 11.7. The number of nitrogens with zero attached hydrogens (tertiary/aromatic N) is 1. The summed E-state index contributed by atoms with van der Waals surface area (Å²) in [6.45, 7) is 3.86. The van der Waals surface area contributed by atoms with Crippen LogP contribution in [0.25, 0.3) is 0 Å². The average molecular weight is 207 g/mol. The molecule has 0 aliphatic carbocycles. The van der Waals surface area contributed by atoms with Crippen LogP contribution in [0.15, 0.2) is 18.3 Å². The van der Waals surface area contributed by atoms with Crippen LogP contribution in [0.5, 0.6) is 0 Å². The van der Waals surface area contributed by atoms with E-state index in [2.05, 4.69) is 15.6 Å². The Morgan fingerprint density at radius 3 is 2.93 bits per heavy atom. The molecule has 0 aliphatic heterocycles. The third-order valence-electron chi connectivity index (χ3n) is 2.16. The zero-order valence-electron chi connectivity index (χ0n) is 9.37. The van der Waals surface area contributed by atoms with Crippen LogP contribution in [0.1, 0.15) is 19.0 Å². The number of rotatable bonds is 4. The molecule has 2 N–H and O–H groups in total. The molecule has 15 heavy (non-hydrogen) atoms. The summed E-state index contributed by atoms with van der Waals surface area (Å²) in [4.78, 5) is 15.6. The smallest absolute Gasteiger partial charge is 0.225 e. The minimum Gasteiger partial charge on any atom is -0.326 e. The quantitative estimate of drug-likeness (QED) is 0.783. The van der Waals surface area contributed by atoms with E-state index >= 15 is 0 Å². The van der Waals surface area contributed by atoms with Gasteiger partial charge >= 0.3 is 0 Å². The Morgan fingerprint density at radius 2 is 2.33 bits per heavy atom. The van der Waals surface area contributed by atoms with Gasteiger partial charge < -0.3 is 10.6 Å². The topological polar surface area (TPSA) is 54.0 Å². The van der Waals surface area contributed by atoms with E-state index in [1.807, 2.05) is 27.0 Å². The first-order chi connectivity index (χ1) is 7.11. The number of hydrogen-bond donors (Lipinski definition) is 2. The highest BCUT2D eigenvalue weighted by molar-refractivity contribution is 5.91. The van der Waals surface area contributed by atoms with Crippen molar-refractivity contribution in [3.63, 3.8) is 0 Å². The minimum atomic E-state index is 0.0162. The molecular weight excluding hydrogens is 190 g/mol. The lowest BCUT2D eigenvalue weighted by molar-refractivity contribution is -0.116. The van der Waals surface area contributed by atoms with Gasteiger partial charge in [-0.3, -0.25) is 9.78 Å². The number of amides is 1. The fraction of sp³-hybridized carbons (Fsp3) is 0.455. The number of aromatic nitrogens is 1. The summed E-state index contributed by atoms with van der Waals surface area (Å²) < 4.78 is 0. The van der Waals surface area contributed by atoms with E-state index in [4.69, 9.17) is 0 Å². The van der Waals surface area contributed by atoms with Crippen molar-refractivity contribution in [2.75, 3.05) is 12.4 Å². The molecule has 0 aliphatic rings. The Bertz CT molecular complexity index is 338. The van der Waals surface area contributed by atoms with E-state index in [1.165, 1.54) is 0 Å². The highest BCUT2D eigenvalue weighted by Gasteiger charge is 2.06. The van der Waals surface area contributed by atoms with Crippen LogP contribution in [0, 0.1) is 6.92 Å². The van der Waals surface area contributed by atoms with Crippen LogP contribution in [-0.2, 0) is 4.79 Å². The highest BCUT2D eigenvalue weighted by Crippen LogP contribution is 2.07. The first-order valence-corrected chi connectivity index (χ1v) is 5.01. The molecule has 4 heteroatoms. The van der Waals surface area contributed by atoms with Crippen LogP contribution in [0.3, 0.4) is 0 Å². The number of aryl methyl sites for hydroxylation is 1. The molecule has 4 nitrogen and oxygen atoms in total.